The van der Waals surface area contributed by atoms with Gasteiger partial charge in [-0.2, -0.15) is 12.6 Å². The van der Waals surface area contributed by atoms with E-state index < -0.39 is 5.92 Å². The Labute approximate surface area is 188 Å². The number of unbranched alkanes of at least 4 members (excludes halogenated alkanes) is 2. The van der Waals surface area contributed by atoms with Crippen LogP contribution in [0.2, 0.25) is 0 Å². The van der Waals surface area contributed by atoms with Gasteiger partial charge in [-0.05, 0) is 37.7 Å². The average Bonchev–Trinajstić information content (AvgIpc) is 2.75. The van der Waals surface area contributed by atoms with Crippen LogP contribution >= 0.6 is 12.6 Å². The van der Waals surface area contributed by atoms with Crippen molar-refractivity contribution in [3.8, 4) is 0 Å². The Kier molecular flexibility index (Phi) is 14.4. The third kappa shape index (κ3) is 11.1. The van der Waals surface area contributed by atoms with E-state index in [2.05, 4.69) is 33.4 Å². The number of ether oxygens (including phenoxy) is 2. The molecule has 3 atom stereocenters. The fourth-order valence-corrected chi connectivity index (χ4v) is 3.53. The summed E-state index contributed by atoms with van der Waals surface area (Å²) in [6, 6.07) is 9.46. The summed E-state index contributed by atoms with van der Waals surface area (Å²) in [7, 11) is 0. The Morgan fingerprint density at radius 1 is 0.933 bits per heavy atom. The van der Waals surface area contributed by atoms with Gasteiger partial charge in [-0.3, -0.25) is 9.59 Å². The highest BCUT2D eigenvalue weighted by Gasteiger charge is 2.26. The van der Waals surface area contributed by atoms with Crippen LogP contribution in [-0.2, 0) is 19.1 Å². The van der Waals surface area contributed by atoms with Crippen molar-refractivity contribution in [2.75, 3.05) is 6.61 Å². The zero-order chi connectivity index (χ0) is 22.2. The minimum absolute atomic E-state index is 0.0262. The van der Waals surface area contributed by atoms with Gasteiger partial charge in [0, 0.05) is 11.7 Å². The lowest BCUT2D eigenvalue weighted by molar-refractivity contribution is -0.155. The molecule has 0 aliphatic rings. The quantitative estimate of drug-likeness (QED) is 0.183. The van der Waals surface area contributed by atoms with Crippen LogP contribution in [0.4, 0.5) is 0 Å². The Hall–Kier alpha value is -1.49. The lowest BCUT2D eigenvalue weighted by Gasteiger charge is -2.22. The zero-order valence-electron chi connectivity index (χ0n) is 19.0. The summed E-state index contributed by atoms with van der Waals surface area (Å²) in [5, 5.41) is 0.391. The number of carbonyl (C=O) groups excluding carboxylic acids is 2. The smallest absolute Gasteiger partial charge is 0.317 e. The summed E-state index contributed by atoms with van der Waals surface area (Å²) in [6.45, 7) is 6.37. The highest BCUT2D eigenvalue weighted by atomic mass is 32.1. The van der Waals surface area contributed by atoms with E-state index in [-0.39, 0.29) is 24.6 Å². The van der Waals surface area contributed by atoms with Crippen LogP contribution < -0.4 is 0 Å². The monoisotopic (exact) mass is 436 g/mol. The molecule has 0 aromatic heterocycles. The van der Waals surface area contributed by atoms with Gasteiger partial charge >= 0.3 is 11.9 Å². The number of hydrogen-bond donors (Lipinski definition) is 1. The van der Waals surface area contributed by atoms with Crippen LogP contribution in [-0.4, -0.2) is 29.9 Å². The molecule has 0 N–H and O–H groups in total. The Bertz CT molecular complexity index is 590. The molecule has 0 spiro atoms. The molecule has 4 nitrogen and oxygen atoms in total. The van der Waals surface area contributed by atoms with Crippen molar-refractivity contribution in [1.82, 2.24) is 0 Å². The van der Waals surface area contributed by atoms with Gasteiger partial charge in [0.15, 0.2) is 0 Å². The Morgan fingerprint density at radius 2 is 1.67 bits per heavy atom. The van der Waals surface area contributed by atoms with Crippen LogP contribution in [0, 0.1) is 0 Å². The summed E-state index contributed by atoms with van der Waals surface area (Å²) in [5.74, 6) is -1.14. The number of hydrogen-bond acceptors (Lipinski definition) is 5. The molecule has 1 rings (SSSR count). The molecular weight excluding hydrogens is 396 g/mol. The van der Waals surface area contributed by atoms with E-state index in [0.29, 0.717) is 11.7 Å². The van der Waals surface area contributed by atoms with Crippen LogP contribution in [0.1, 0.15) is 96.5 Å². The molecule has 0 saturated heterocycles. The largest absolute Gasteiger partial charge is 0.464 e. The van der Waals surface area contributed by atoms with Crippen molar-refractivity contribution in [2.45, 2.75) is 102 Å². The third-order valence-corrected chi connectivity index (χ3v) is 5.93. The zero-order valence-corrected chi connectivity index (χ0v) is 19.9. The van der Waals surface area contributed by atoms with E-state index in [9.17, 15) is 9.59 Å². The highest BCUT2D eigenvalue weighted by molar-refractivity contribution is 7.80. The first-order valence-corrected chi connectivity index (χ1v) is 12.1. The molecule has 0 heterocycles. The van der Waals surface area contributed by atoms with Gasteiger partial charge < -0.3 is 9.47 Å². The van der Waals surface area contributed by atoms with Crippen LogP contribution in [0.5, 0.6) is 0 Å². The second kappa shape index (κ2) is 16.2. The predicted molar refractivity (Wildman–Crippen MR) is 126 cm³/mol. The van der Waals surface area contributed by atoms with E-state index in [1.54, 1.807) is 0 Å². The molecule has 1 aromatic carbocycles. The van der Waals surface area contributed by atoms with Gasteiger partial charge in [0.1, 0.15) is 18.6 Å². The van der Waals surface area contributed by atoms with Crippen LogP contribution in [0.25, 0.3) is 0 Å². The number of rotatable bonds is 16. The molecule has 5 heteroatoms. The number of benzene rings is 1. The maximum atomic E-state index is 13.0. The maximum Gasteiger partial charge on any atom is 0.317 e. The minimum Gasteiger partial charge on any atom is -0.464 e. The van der Waals surface area contributed by atoms with Gasteiger partial charge in [-0.25, -0.2) is 0 Å². The molecule has 0 bridgehead atoms. The molecule has 30 heavy (non-hydrogen) atoms. The normalized spacial score (nSPS) is 14.0. The van der Waals surface area contributed by atoms with E-state index in [4.69, 9.17) is 9.47 Å². The molecule has 170 valence electrons. The second-order valence-corrected chi connectivity index (χ2v) is 8.67. The summed E-state index contributed by atoms with van der Waals surface area (Å²) >= 11 is 4.48. The number of thiol groups is 1. The van der Waals surface area contributed by atoms with Crippen molar-refractivity contribution in [2.24, 2.45) is 0 Å². The van der Waals surface area contributed by atoms with Crippen molar-refractivity contribution in [1.29, 1.82) is 0 Å². The molecule has 0 saturated carbocycles. The summed E-state index contributed by atoms with van der Waals surface area (Å²) < 4.78 is 11.3. The number of carbonyl (C=O) groups is 2. The lowest BCUT2D eigenvalue weighted by atomic mass is 9.99. The van der Waals surface area contributed by atoms with Crippen LogP contribution in [0.15, 0.2) is 30.3 Å². The third-order valence-electron chi connectivity index (χ3n) is 5.31. The van der Waals surface area contributed by atoms with Crippen LogP contribution in [0.3, 0.4) is 0 Å². The first-order chi connectivity index (χ1) is 14.5. The van der Waals surface area contributed by atoms with Gasteiger partial charge in [-0.15, -0.1) is 0 Å². The van der Waals surface area contributed by atoms with Gasteiger partial charge in [0.25, 0.3) is 0 Å². The SMILES string of the molecule is CCCCC(CCC)OC(=O)C(COC(=O)CCCCC(S)CC)c1ccccc1. The van der Waals surface area contributed by atoms with E-state index in [0.717, 1.165) is 63.4 Å². The van der Waals surface area contributed by atoms with Crippen molar-refractivity contribution in [3.63, 3.8) is 0 Å². The Balaban J connectivity index is 2.63. The molecule has 1 aromatic rings. The van der Waals surface area contributed by atoms with Gasteiger partial charge in [0.05, 0.1) is 0 Å². The van der Waals surface area contributed by atoms with E-state index in [1.807, 2.05) is 30.3 Å². The molecule has 0 aliphatic carbocycles. The lowest BCUT2D eigenvalue weighted by Crippen LogP contribution is -2.27. The molecule has 0 fully saturated rings. The first-order valence-electron chi connectivity index (χ1n) is 11.6. The van der Waals surface area contributed by atoms with Crippen molar-refractivity contribution >= 4 is 24.6 Å². The highest BCUT2D eigenvalue weighted by Crippen LogP contribution is 2.22. The van der Waals surface area contributed by atoms with Crippen molar-refractivity contribution in [3.05, 3.63) is 35.9 Å². The maximum absolute atomic E-state index is 13.0. The molecular formula is C25H40O4S. The molecule has 0 aliphatic heterocycles. The van der Waals surface area contributed by atoms with Gasteiger partial charge in [-0.1, -0.05) is 76.8 Å². The molecule has 3 unspecified atom stereocenters. The summed E-state index contributed by atoms with van der Waals surface area (Å²) in [5.41, 5.74) is 0.821. The second-order valence-electron chi connectivity index (χ2n) is 7.94. The predicted octanol–water partition coefficient (Wildman–Crippen LogP) is 6.48. The topological polar surface area (TPSA) is 52.6 Å². The minimum atomic E-state index is -0.585. The van der Waals surface area contributed by atoms with Gasteiger partial charge in [0.2, 0.25) is 0 Å². The number of esters is 2. The molecule has 0 amide bonds. The summed E-state index contributed by atoms with van der Waals surface area (Å²) in [4.78, 5) is 25.1. The molecule has 0 radical (unpaired) electrons. The van der Waals surface area contributed by atoms with E-state index in [1.165, 1.54) is 0 Å². The van der Waals surface area contributed by atoms with Crippen molar-refractivity contribution < 1.29 is 19.1 Å². The van der Waals surface area contributed by atoms with E-state index >= 15 is 0 Å². The average molecular weight is 437 g/mol. The Morgan fingerprint density at radius 3 is 2.30 bits per heavy atom. The fraction of sp³-hybridized carbons (Fsp3) is 0.680. The fourth-order valence-electron chi connectivity index (χ4n) is 3.35. The first kappa shape index (κ1) is 26.5. The standard InChI is InChI=1S/C25H40O4S/c1-4-7-16-21(13-5-2)29-25(27)23(20-14-9-8-10-15-20)19-28-24(26)18-12-11-17-22(30)6-3/h8-10,14-15,21-23,30H,4-7,11-13,16-19H2,1-3H3. The summed E-state index contributed by atoms with van der Waals surface area (Å²) in [6.07, 6.45) is 8.89.